The van der Waals surface area contributed by atoms with Gasteiger partial charge in [0.25, 0.3) is 0 Å². The molecule has 0 radical (unpaired) electrons. The summed E-state index contributed by atoms with van der Waals surface area (Å²) in [6.45, 7) is 1.04. The lowest BCUT2D eigenvalue weighted by Crippen LogP contribution is -2.15. The first-order valence-electron chi connectivity index (χ1n) is 5.55. The Morgan fingerprint density at radius 2 is 1.83 bits per heavy atom. The highest BCUT2D eigenvalue weighted by molar-refractivity contribution is 6.09. The molecule has 1 aliphatic rings. The zero-order chi connectivity index (χ0) is 12.4. The van der Waals surface area contributed by atoms with Gasteiger partial charge in [0.05, 0.1) is 12.4 Å². The van der Waals surface area contributed by atoms with Gasteiger partial charge >= 0.3 is 0 Å². The van der Waals surface area contributed by atoms with E-state index in [0.29, 0.717) is 35.8 Å². The Balaban J connectivity index is 1.95. The third kappa shape index (κ3) is 1.90. The lowest BCUT2D eigenvalue weighted by atomic mass is 10.0. The molecule has 0 amide bonds. The van der Waals surface area contributed by atoms with Crippen LogP contribution in [0.1, 0.15) is 15.9 Å². The normalized spacial score (nSPS) is 13.1. The lowest BCUT2D eigenvalue weighted by Gasteiger charge is -2.18. The van der Waals surface area contributed by atoms with E-state index in [-0.39, 0.29) is 5.78 Å². The second-order valence-corrected chi connectivity index (χ2v) is 3.82. The van der Waals surface area contributed by atoms with Crippen molar-refractivity contribution < 1.29 is 14.3 Å². The second-order valence-electron chi connectivity index (χ2n) is 3.82. The number of ether oxygens (including phenoxy) is 2. The SMILES string of the molecule is O=C(c1ccnnc1)c1ccc2c(c1)OCCO2. The second kappa shape index (κ2) is 4.44. The van der Waals surface area contributed by atoms with Gasteiger partial charge in [-0.1, -0.05) is 0 Å². The van der Waals surface area contributed by atoms with E-state index in [1.165, 1.54) is 12.4 Å². The molecule has 0 atom stereocenters. The smallest absolute Gasteiger partial charge is 0.194 e. The van der Waals surface area contributed by atoms with Crippen molar-refractivity contribution in [3.63, 3.8) is 0 Å². The fraction of sp³-hybridized carbons (Fsp3) is 0.154. The monoisotopic (exact) mass is 242 g/mol. The molecule has 3 rings (SSSR count). The van der Waals surface area contributed by atoms with Crippen molar-refractivity contribution in [2.75, 3.05) is 13.2 Å². The van der Waals surface area contributed by atoms with Crippen LogP contribution in [-0.4, -0.2) is 29.2 Å². The van der Waals surface area contributed by atoms with Crippen LogP contribution in [0.3, 0.4) is 0 Å². The highest BCUT2D eigenvalue weighted by Crippen LogP contribution is 2.31. The number of carbonyl (C=O) groups excluding carboxylic acids is 1. The Morgan fingerprint density at radius 3 is 2.61 bits per heavy atom. The molecule has 0 aliphatic carbocycles. The topological polar surface area (TPSA) is 61.3 Å². The first kappa shape index (κ1) is 10.7. The van der Waals surface area contributed by atoms with Crippen LogP contribution < -0.4 is 9.47 Å². The zero-order valence-electron chi connectivity index (χ0n) is 9.50. The highest BCUT2D eigenvalue weighted by atomic mass is 16.6. The molecule has 0 fully saturated rings. The molecule has 0 spiro atoms. The number of ketones is 1. The van der Waals surface area contributed by atoms with Crippen LogP contribution in [0.4, 0.5) is 0 Å². The number of fused-ring (bicyclic) bond motifs is 1. The van der Waals surface area contributed by atoms with Crippen LogP contribution in [0, 0.1) is 0 Å². The largest absolute Gasteiger partial charge is 0.486 e. The van der Waals surface area contributed by atoms with Gasteiger partial charge in [-0.15, -0.1) is 0 Å². The molecule has 90 valence electrons. The molecule has 0 N–H and O–H groups in total. The predicted molar refractivity (Wildman–Crippen MR) is 62.9 cm³/mol. The minimum absolute atomic E-state index is 0.109. The summed E-state index contributed by atoms with van der Waals surface area (Å²) in [6, 6.07) is 6.79. The van der Waals surface area contributed by atoms with E-state index >= 15 is 0 Å². The third-order valence-corrected chi connectivity index (χ3v) is 2.65. The van der Waals surface area contributed by atoms with Gasteiger partial charge in [-0.25, -0.2) is 0 Å². The molecule has 5 heteroatoms. The van der Waals surface area contributed by atoms with Crippen LogP contribution in [0.25, 0.3) is 0 Å². The third-order valence-electron chi connectivity index (χ3n) is 2.65. The van der Waals surface area contributed by atoms with Crippen LogP contribution in [0.5, 0.6) is 11.5 Å². The summed E-state index contributed by atoms with van der Waals surface area (Å²) in [5, 5.41) is 7.34. The summed E-state index contributed by atoms with van der Waals surface area (Å²) < 4.78 is 10.9. The average Bonchev–Trinajstić information content (AvgIpc) is 2.47. The standard InChI is InChI=1S/C13H10N2O3/c16-13(10-3-4-14-15-8-10)9-1-2-11-12(7-9)18-6-5-17-11/h1-4,7-8H,5-6H2. The van der Waals surface area contributed by atoms with Gasteiger partial charge in [0.2, 0.25) is 0 Å². The molecule has 1 aromatic carbocycles. The molecule has 0 saturated carbocycles. The number of hydrogen-bond acceptors (Lipinski definition) is 5. The van der Waals surface area contributed by atoms with Gasteiger partial charge in [0, 0.05) is 11.1 Å². The van der Waals surface area contributed by atoms with Gasteiger partial charge in [0.1, 0.15) is 13.2 Å². The summed E-state index contributed by atoms with van der Waals surface area (Å²) >= 11 is 0. The Kier molecular flexibility index (Phi) is 2.64. The Hall–Kier alpha value is -2.43. The predicted octanol–water partition coefficient (Wildman–Crippen LogP) is 1.48. The van der Waals surface area contributed by atoms with E-state index in [9.17, 15) is 4.79 Å². The molecule has 1 aliphatic heterocycles. The van der Waals surface area contributed by atoms with Crippen LogP contribution in [-0.2, 0) is 0 Å². The Morgan fingerprint density at radius 1 is 1.00 bits per heavy atom. The van der Waals surface area contributed by atoms with Crippen LogP contribution >= 0.6 is 0 Å². The Bertz CT molecular complexity index is 584. The lowest BCUT2D eigenvalue weighted by molar-refractivity contribution is 0.103. The summed E-state index contributed by atoms with van der Waals surface area (Å²) in [5.74, 6) is 1.17. The highest BCUT2D eigenvalue weighted by Gasteiger charge is 2.16. The maximum Gasteiger partial charge on any atom is 0.194 e. The van der Waals surface area contributed by atoms with Gasteiger partial charge in [-0.05, 0) is 24.3 Å². The zero-order valence-corrected chi connectivity index (χ0v) is 9.50. The maximum atomic E-state index is 12.2. The maximum absolute atomic E-state index is 12.2. The summed E-state index contributed by atoms with van der Waals surface area (Å²) in [5.41, 5.74) is 1.05. The van der Waals surface area contributed by atoms with Crippen molar-refractivity contribution >= 4 is 5.78 Å². The minimum Gasteiger partial charge on any atom is -0.486 e. The van der Waals surface area contributed by atoms with Crippen molar-refractivity contribution in [2.24, 2.45) is 0 Å². The molecule has 2 heterocycles. The van der Waals surface area contributed by atoms with Gasteiger partial charge in [-0.2, -0.15) is 10.2 Å². The van der Waals surface area contributed by atoms with E-state index in [1.807, 2.05) is 0 Å². The van der Waals surface area contributed by atoms with Gasteiger partial charge < -0.3 is 9.47 Å². The molecular weight excluding hydrogens is 232 g/mol. The number of rotatable bonds is 2. The molecule has 1 aromatic heterocycles. The Labute approximate surface area is 103 Å². The van der Waals surface area contributed by atoms with E-state index < -0.39 is 0 Å². The fourth-order valence-corrected chi connectivity index (χ4v) is 1.78. The summed E-state index contributed by atoms with van der Waals surface area (Å²) in [7, 11) is 0. The molecule has 0 saturated heterocycles. The first-order chi connectivity index (χ1) is 8.84. The number of benzene rings is 1. The van der Waals surface area contributed by atoms with Gasteiger partial charge in [0.15, 0.2) is 17.3 Å². The summed E-state index contributed by atoms with van der Waals surface area (Å²) in [6.07, 6.45) is 2.93. The van der Waals surface area contributed by atoms with Crippen molar-refractivity contribution in [1.82, 2.24) is 10.2 Å². The van der Waals surface area contributed by atoms with Crippen molar-refractivity contribution in [3.05, 3.63) is 47.8 Å². The van der Waals surface area contributed by atoms with Crippen LogP contribution in [0.2, 0.25) is 0 Å². The number of hydrogen-bond donors (Lipinski definition) is 0. The van der Waals surface area contributed by atoms with E-state index in [0.717, 1.165) is 0 Å². The molecule has 18 heavy (non-hydrogen) atoms. The van der Waals surface area contributed by atoms with E-state index in [4.69, 9.17) is 9.47 Å². The molecule has 2 aromatic rings. The molecular formula is C13H10N2O3. The number of carbonyl (C=O) groups is 1. The summed E-state index contributed by atoms with van der Waals surface area (Å²) in [4.78, 5) is 12.2. The van der Waals surface area contributed by atoms with Crippen molar-refractivity contribution in [3.8, 4) is 11.5 Å². The molecule has 5 nitrogen and oxygen atoms in total. The molecule has 0 bridgehead atoms. The van der Waals surface area contributed by atoms with Gasteiger partial charge in [-0.3, -0.25) is 4.79 Å². The quantitative estimate of drug-likeness (QED) is 0.746. The number of nitrogens with zero attached hydrogens (tertiary/aromatic N) is 2. The van der Waals surface area contributed by atoms with Crippen molar-refractivity contribution in [2.45, 2.75) is 0 Å². The van der Waals surface area contributed by atoms with Crippen molar-refractivity contribution in [1.29, 1.82) is 0 Å². The van der Waals surface area contributed by atoms with Crippen LogP contribution in [0.15, 0.2) is 36.7 Å². The minimum atomic E-state index is -0.109. The number of aromatic nitrogens is 2. The molecule has 0 unspecified atom stereocenters. The van der Waals surface area contributed by atoms with E-state index in [1.54, 1.807) is 24.3 Å². The fourth-order valence-electron chi connectivity index (χ4n) is 1.78. The van der Waals surface area contributed by atoms with E-state index in [2.05, 4.69) is 10.2 Å². The average molecular weight is 242 g/mol. The first-order valence-corrected chi connectivity index (χ1v) is 5.55.